The first-order valence-electron chi connectivity index (χ1n) is 7.68. The van der Waals surface area contributed by atoms with Crippen molar-refractivity contribution in [3.05, 3.63) is 0 Å². The van der Waals surface area contributed by atoms with E-state index < -0.39 is 6.04 Å². The molecule has 0 bridgehead atoms. The maximum absolute atomic E-state index is 11.6. The van der Waals surface area contributed by atoms with Crippen LogP contribution in [0.25, 0.3) is 0 Å². The molecular weight excluding hydrogens is 274 g/mol. The molecule has 0 aliphatic heterocycles. The lowest BCUT2D eigenvalue weighted by molar-refractivity contribution is -0.111. The van der Waals surface area contributed by atoms with Crippen molar-refractivity contribution in [1.82, 2.24) is 0 Å². The molecular formula is C15H31NOS2. The van der Waals surface area contributed by atoms with Gasteiger partial charge in [-0.25, -0.2) is 0 Å². The van der Waals surface area contributed by atoms with Crippen LogP contribution in [0, 0.1) is 5.92 Å². The SMILES string of the molecule is CCCCC(CCCC)CCCSC(=O)[C@@H](N)CS. The van der Waals surface area contributed by atoms with Crippen LogP contribution in [0.5, 0.6) is 0 Å². The van der Waals surface area contributed by atoms with Crippen LogP contribution in [0.4, 0.5) is 0 Å². The molecule has 0 radical (unpaired) electrons. The number of rotatable bonds is 12. The number of nitrogens with two attached hydrogens (primary N) is 1. The third kappa shape index (κ3) is 10.7. The number of hydrogen-bond acceptors (Lipinski definition) is 4. The molecule has 0 aliphatic carbocycles. The standard InChI is InChI=1S/C15H31NOS2/c1-3-5-8-13(9-6-4-2)10-7-11-19-15(17)14(16)12-18/h13-14,18H,3-12,16H2,1-2H3/t14-/m0/s1. The van der Waals surface area contributed by atoms with Crippen molar-refractivity contribution in [3.8, 4) is 0 Å². The summed E-state index contributed by atoms with van der Waals surface area (Å²) in [6.45, 7) is 4.51. The summed E-state index contributed by atoms with van der Waals surface area (Å²) in [6.07, 6.45) is 10.3. The van der Waals surface area contributed by atoms with Crippen molar-refractivity contribution in [1.29, 1.82) is 0 Å². The van der Waals surface area contributed by atoms with E-state index in [0.717, 1.165) is 18.1 Å². The van der Waals surface area contributed by atoms with Crippen molar-refractivity contribution in [2.75, 3.05) is 11.5 Å². The maximum Gasteiger partial charge on any atom is 0.206 e. The minimum Gasteiger partial charge on any atom is -0.320 e. The molecule has 0 aromatic carbocycles. The lowest BCUT2D eigenvalue weighted by atomic mass is 9.92. The summed E-state index contributed by atoms with van der Waals surface area (Å²) >= 11 is 5.44. The Bertz CT molecular complexity index is 216. The molecule has 0 saturated carbocycles. The highest BCUT2D eigenvalue weighted by Crippen LogP contribution is 2.22. The summed E-state index contributed by atoms with van der Waals surface area (Å²) in [6, 6.07) is -0.399. The van der Waals surface area contributed by atoms with Crippen molar-refractivity contribution in [3.63, 3.8) is 0 Å². The molecule has 0 amide bonds. The zero-order chi connectivity index (χ0) is 14.5. The highest BCUT2D eigenvalue weighted by atomic mass is 32.2. The average Bonchev–Trinajstić information content (AvgIpc) is 2.44. The molecule has 0 rings (SSSR count). The Kier molecular flexibility index (Phi) is 13.6. The van der Waals surface area contributed by atoms with E-state index in [2.05, 4.69) is 26.5 Å². The zero-order valence-electron chi connectivity index (χ0n) is 12.6. The van der Waals surface area contributed by atoms with Gasteiger partial charge in [0.25, 0.3) is 0 Å². The van der Waals surface area contributed by atoms with E-state index in [4.69, 9.17) is 5.73 Å². The van der Waals surface area contributed by atoms with E-state index >= 15 is 0 Å². The zero-order valence-corrected chi connectivity index (χ0v) is 14.3. The van der Waals surface area contributed by atoms with Gasteiger partial charge in [0.05, 0.1) is 6.04 Å². The fraction of sp³-hybridized carbons (Fsp3) is 0.933. The monoisotopic (exact) mass is 305 g/mol. The van der Waals surface area contributed by atoms with Crippen LogP contribution in [0.15, 0.2) is 0 Å². The Hall–Kier alpha value is 0.330. The van der Waals surface area contributed by atoms with E-state index in [-0.39, 0.29) is 5.12 Å². The van der Waals surface area contributed by atoms with Gasteiger partial charge in [-0.3, -0.25) is 4.79 Å². The minimum absolute atomic E-state index is 0.0914. The summed E-state index contributed by atoms with van der Waals surface area (Å²) in [5.41, 5.74) is 5.64. The molecule has 0 spiro atoms. The van der Waals surface area contributed by atoms with E-state index in [1.54, 1.807) is 0 Å². The number of unbranched alkanes of at least 4 members (excludes halogenated alkanes) is 2. The quantitative estimate of drug-likeness (QED) is 0.418. The fourth-order valence-corrected chi connectivity index (χ4v) is 3.24. The highest BCUT2D eigenvalue weighted by molar-refractivity contribution is 8.13. The van der Waals surface area contributed by atoms with Gasteiger partial charge in [0.2, 0.25) is 5.12 Å². The molecule has 0 aliphatic rings. The summed E-state index contributed by atoms with van der Waals surface area (Å²) in [7, 11) is 0. The average molecular weight is 306 g/mol. The Morgan fingerprint density at radius 3 is 2.11 bits per heavy atom. The second-order valence-corrected chi connectivity index (χ2v) is 6.71. The summed E-state index contributed by atoms with van der Waals surface area (Å²) < 4.78 is 0. The van der Waals surface area contributed by atoms with E-state index in [1.165, 1.54) is 56.7 Å². The van der Waals surface area contributed by atoms with Crippen molar-refractivity contribution in [2.24, 2.45) is 11.7 Å². The number of thiol groups is 1. The van der Waals surface area contributed by atoms with Crippen LogP contribution in [0.1, 0.15) is 65.2 Å². The van der Waals surface area contributed by atoms with E-state index in [1.807, 2.05) is 0 Å². The van der Waals surface area contributed by atoms with Gasteiger partial charge in [0.15, 0.2) is 0 Å². The molecule has 0 saturated heterocycles. The van der Waals surface area contributed by atoms with Crippen LogP contribution < -0.4 is 5.73 Å². The predicted molar refractivity (Wildman–Crippen MR) is 91.1 cm³/mol. The van der Waals surface area contributed by atoms with Gasteiger partial charge in [-0.15, -0.1) is 0 Å². The van der Waals surface area contributed by atoms with E-state index in [0.29, 0.717) is 5.75 Å². The van der Waals surface area contributed by atoms with Gasteiger partial charge in [0, 0.05) is 11.5 Å². The molecule has 114 valence electrons. The Morgan fingerprint density at radius 1 is 1.11 bits per heavy atom. The highest BCUT2D eigenvalue weighted by Gasteiger charge is 2.12. The predicted octanol–water partition coefficient (Wildman–Crippen LogP) is 4.28. The third-order valence-electron chi connectivity index (χ3n) is 3.43. The number of carbonyl (C=O) groups excluding carboxylic acids is 1. The first kappa shape index (κ1) is 19.3. The Balaban J connectivity index is 3.75. The number of thioether (sulfide) groups is 1. The van der Waals surface area contributed by atoms with Crippen molar-refractivity contribution in [2.45, 2.75) is 71.3 Å². The molecule has 19 heavy (non-hydrogen) atoms. The molecule has 1 atom stereocenters. The van der Waals surface area contributed by atoms with Gasteiger partial charge in [-0.05, 0) is 18.8 Å². The summed E-state index contributed by atoms with van der Waals surface area (Å²) in [4.78, 5) is 11.6. The minimum atomic E-state index is -0.399. The topological polar surface area (TPSA) is 43.1 Å². The lowest BCUT2D eigenvalue weighted by Gasteiger charge is -2.16. The first-order valence-corrected chi connectivity index (χ1v) is 9.30. The molecule has 2 N–H and O–H groups in total. The van der Waals surface area contributed by atoms with Crippen molar-refractivity contribution >= 4 is 29.5 Å². The molecule has 0 fully saturated rings. The largest absolute Gasteiger partial charge is 0.320 e. The smallest absolute Gasteiger partial charge is 0.206 e. The number of carbonyl (C=O) groups is 1. The lowest BCUT2D eigenvalue weighted by Crippen LogP contribution is -2.30. The molecule has 0 heterocycles. The molecule has 4 heteroatoms. The molecule has 0 aromatic heterocycles. The van der Waals surface area contributed by atoms with Gasteiger partial charge in [0.1, 0.15) is 0 Å². The van der Waals surface area contributed by atoms with Gasteiger partial charge >= 0.3 is 0 Å². The van der Waals surface area contributed by atoms with Gasteiger partial charge in [-0.2, -0.15) is 12.6 Å². The van der Waals surface area contributed by atoms with Gasteiger partial charge < -0.3 is 5.73 Å². The summed E-state index contributed by atoms with van der Waals surface area (Å²) in [5.74, 6) is 2.21. The maximum atomic E-state index is 11.6. The first-order chi connectivity index (χ1) is 9.15. The molecule has 0 unspecified atom stereocenters. The second-order valence-electron chi connectivity index (χ2n) is 5.25. The van der Waals surface area contributed by atoms with E-state index in [9.17, 15) is 4.79 Å². The third-order valence-corrected chi connectivity index (χ3v) is 4.91. The Labute approximate surface area is 129 Å². The van der Waals surface area contributed by atoms with Crippen molar-refractivity contribution < 1.29 is 4.79 Å². The van der Waals surface area contributed by atoms with Crippen LogP contribution in [-0.2, 0) is 4.79 Å². The van der Waals surface area contributed by atoms with Crippen LogP contribution >= 0.6 is 24.4 Å². The molecule has 0 aromatic rings. The van der Waals surface area contributed by atoms with Crippen LogP contribution in [-0.4, -0.2) is 22.7 Å². The van der Waals surface area contributed by atoms with Crippen LogP contribution in [0.3, 0.4) is 0 Å². The number of hydrogen-bond donors (Lipinski definition) is 2. The summed E-state index contributed by atoms with van der Waals surface area (Å²) in [5, 5.41) is 0.0914. The normalized spacial score (nSPS) is 12.9. The second kappa shape index (κ2) is 13.3. The fourth-order valence-electron chi connectivity index (χ4n) is 2.14. The van der Waals surface area contributed by atoms with Crippen LogP contribution in [0.2, 0.25) is 0 Å². The Morgan fingerprint density at radius 2 is 1.63 bits per heavy atom. The molecule has 2 nitrogen and oxygen atoms in total. The van der Waals surface area contributed by atoms with Gasteiger partial charge in [-0.1, -0.05) is 64.1 Å².